The molecule has 0 radical (unpaired) electrons. The SMILES string of the molecule is CC(=O)Cc1c(Cl)ccc(O)c1NC(C)=O. The number of phenols is 1. The van der Waals surface area contributed by atoms with Crippen molar-refractivity contribution < 1.29 is 14.7 Å². The monoisotopic (exact) mass is 241 g/mol. The van der Waals surface area contributed by atoms with Crippen molar-refractivity contribution in [2.24, 2.45) is 0 Å². The molecule has 0 heterocycles. The smallest absolute Gasteiger partial charge is 0.221 e. The Balaban J connectivity index is 3.24. The number of amides is 1. The van der Waals surface area contributed by atoms with Gasteiger partial charge in [-0.3, -0.25) is 9.59 Å². The van der Waals surface area contributed by atoms with Crippen molar-refractivity contribution in [1.82, 2.24) is 0 Å². The summed E-state index contributed by atoms with van der Waals surface area (Å²) in [5, 5.41) is 12.4. The van der Waals surface area contributed by atoms with E-state index in [0.717, 1.165) is 0 Å². The van der Waals surface area contributed by atoms with Crippen molar-refractivity contribution in [2.75, 3.05) is 5.32 Å². The van der Waals surface area contributed by atoms with Crippen LogP contribution in [0.15, 0.2) is 12.1 Å². The van der Waals surface area contributed by atoms with Gasteiger partial charge in [-0.05, 0) is 19.1 Å². The molecule has 2 N–H and O–H groups in total. The lowest BCUT2D eigenvalue weighted by Crippen LogP contribution is -2.10. The summed E-state index contributed by atoms with van der Waals surface area (Å²) < 4.78 is 0. The Hall–Kier alpha value is -1.55. The highest BCUT2D eigenvalue weighted by Crippen LogP contribution is 2.33. The Labute approximate surface area is 98.2 Å². The van der Waals surface area contributed by atoms with Crippen LogP contribution in [0.1, 0.15) is 19.4 Å². The highest BCUT2D eigenvalue weighted by molar-refractivity contribution is 6.32. The Morgan fingerprint density at radius 1 is 1.38 bits per heavy atom. The van der Waals surface area contributed by atoms with Gasteiger partial charge in [-0.2, -0.15) is 0 Å². The number of carbonyl (C=O) groups excluding carboxylic acids is 2. The maximum Gasteiger partial charge on any atom is 0.221 e. The molecule has 0 bridgehead atoms. The summed E-state index contributed by atoms with van der Waals surface area (Å²) in [6.45, 7) is 2.73. The van der Waals surface area contributed by atoms with Crippen molar-refractivity contribution in [1.29, 1.82) is 0 Å². The maximum atomic E-state index is 11.1. The van der Waals surface area contributed by atoms with Crippen LogP contribution in [-0.2, 0) is 16.0 Å². The minimum atomic E-state index is -0.331. The predicted molar refractivity (Wildman–Crippen MR) is 61.8 cm³/mol. The Morgan fingerprint density at radius 3 is 2.50 bits per heavy atom. The highest BCUT2D eigenvalue weighted by Gasteiger charge is 2.14. The molecule has 5 heteroatoms. The van der Waals surface area contributed by atoms with Crippen LogP contribution in [0.4, 0.5) is 5.69 Å². The molecule has 0 aliphatic rings. The molecule has 1 rings (SSSR count). The molecule has 4 nitrogen and oxygen atoms in total. The second-order valence-electron chi connectivity index (χ2n) is 3.48. The molecule has 16 heavy (non-hydrogen) atoms. The number of halogens is 1. The standard InChI is InChI=1S/C11H12ClNO3/c1-6(14)5-8-9(12)3-4-10(16)11(8)13-7(2)15/h3-4,16H,5H2,1-2H3,(H,13,15). The third-order valence-electron chi connectivity index (χ3n) is 1.96. The van der Waals surface area contributed by atoms with Gasteiger partial charge in [0.05, 0.1) is 5.69 Å². The highest BCUT2D eigenvalue weighted by atomic mass is 35.5. The van der Waals surface area contributed by atoms with Crippen LogP contribution in [0.25, 0.3) is 0 Å². The fourth-order valence-corrected chi connectivity index (χ4v) is 1.57. The lowest BCUT2D eigenvalue weighted by atomic mass is 10.1. The third-order valence-corrected chi connectivity index (χ3v) is 2.31. The number of hydrogen-bond donors (Lipinski definition) is 2. The summed E-state index contributed by atoms with van der Waals surface area (Å²) in [6, 6.07) is 2.86. The number of benzene rings is 1. The molecule has 0 saturated carbocycles. The van der Waals surface area contributed by atoms with E-state index in [9.17, 15) is 14.7 Å². The van der Waals surface area contributed by atoms with Crippen LogP contribution in [0.3, 0.4) is 0 Å². The second-order valence-corrected chi connectivity index (χ2v) is 3.89. The first-order valence-electron chi connectivity index (χ1n) is 4.69. The van der Waals surface area contributed by atoms with Crippen molar-refractivity contribution in [3.8, 4) is 5.75 Å². The molecule has 0 unspecified atom stereocenters. The zero-order valence-electron chi connectivity index (χ0n) is 9.00. The summed E-state index contributed by atoms with van der Waals surface area (Å²) in [6.07, 6.45) is 0.0723. The Kier molecular flexibility index (Phi) is 3.90. The number of Topliss-reactive ketones (excluding diaryl/α,β-unsaturated/α-hetero) is 1. The predicted octanol–water partition coefficient (Wildman–Crippen LogP) is 2.14. The van der Waals surface area contributed by atoms with Gasteiger partial charge in [0.15, 0.2) is 0 Å². The van der Waals surface area contributed by atoms with E-state index in [1.807, 2.05) is 0 Å². The van der Waals surface area contributed by atoms with E-state index >= 15 is 0 Å². The minimum Gasteiger partial charge on any atom is -0.506 e. The number of phenolic OH excluding ortho intramolecular Hbond substituents is 1. The van der Waals surface area contributed by atoms with Gasteiger partial charge < -0.3 is 10.4 Å². The van der Waals surface area contributed by atoms with Gasteiger partial charge in [0.25, 0.3) is 0 Å². The number of hydrogen-bond acceptors (Lipinski definition) is 3. The molecule has 86 valence electrons. The van der Waals surface area contributed by atoms with Gasteiger partial charge in [0.1, 0.15) is 11.5 Å². The van der Waals surface area contributed by atoms with Gasteiger partial charge in [-0.25, -0.2) is 0 Å². The van der Waals surface area contributed by atoms with Crippen molar-refractivity contribution in [2.45, 2.75) is 20.3 Å². The molecule has 0 aliphatic heterocycles. The normalized spacial score (nSPS) is 9.94. The average Bonchev–Trinajstić information content (AvgIpc) is 2.16. The van der Waals surface area contributed by atoms with Gasteiger partial charge in [-0.15, -0.1) is 0 Å². The van der Waals surface area contributed by atoms with Gasteiger partial charge >= 0.3 is 0 Å². The van der Waals surface area contributed by atoms with E-state index in [-0.39, 0.29) is 29.5 Å². The van der Waals surface area contributed by atoms with Crippen LogP contribution in [0, 0.1) is 0 Å². The van der Waals surface area contributed by atoms with Crippen molar-refractivity contribution >= 4 is 29.0 Å². The minimum absolute atomic E-state index is 0.0723. The van der Waals surface area contributed by atoms with E-state index in [2.05, 4.69) is 5.32 Å². The molecule has 0 spiro atoms. The average molecular weight is 242 g/mol. The number of ketones is 1. The summed E-state index contributed by atoms with van der Waals surface area (Å²) in [5.41, 5.74) is 0.638. The maximum absolute atomic E-state index is 11.1. The second kappa shape index (κ2) is 4.99. The molecule has 0 aromatic heterocycles. The van der Waals surface area contributed by atoms with Crippen LogP contribution < -0.4 is 5.32 Å². The largest absolute Gasteiger partial charge is 0.506 e. The molecule has 1 amide bonds. The quantitative estimate of drug-likeness (QED) is 0.797. The van der Waals surface area contributed by atoms with Crippen LogP contribution in [0.2, 0.25) is 5.02 Å². The van der Waals surface area contributed by atoms with E-state index < -0.39 is 0 Å². The first-order chi connectivity index (χ1) is 7.41. The lowest BCUT2D eigenvalue weighted by Gasteiger charge is -2.12. The van der Waals surface area contributed by atoms with E-state index in [1.165, 1.54) is 26.0 Å². The molecular weight excluding hydrogens is 230 g/mol. The van der Waals surface area contributed by atoms with Gasteiger partial charge in [-0.1, -0.05) is 11.6 Å². The summed E-state index contributed by atoms with van der Waals surface area (Å²) in [4.78, 5) is 22.0. The molecule has 0 saturated heterocycles. The molecule has 1 aromatic rings. The zero-order valence-corrected chi connectivity index (χ0v) is 9.76. The van der Waals surface area contributed by atoms with Gasteiger partial charge in [0.2, 0.25) is 5.91 Å². The van der Waals surface area contributed by atoms with Crippen molar-refractivity contribution in [3.05, 3.63) is 22.7 Å². The lowest BCUT2D eigenvalue weighted by molar-refractivity contribution is -0.116. The summed E-state index contributed by atoms with van der Waals surface area (Å²) in [5.74, 6) is -0.530. The molecule has 0 fully saturated rings. The van der Waals surface area contributed by atoms with E-state index in [0.29, 0.717) is 10.6 Å². The van der Waals surface area contributed by atoms with Crippen molar-refractivity contribution in [3.63, 3.8) is 0 Å². The van der Waals surface area contributed by atoms with E-state index in [4.69, 9.17) is 11.6 Å². The molecular formula is C11H12ClNO3. The van der Waals surface area contributed by atoms with Gasteiger partial charge in [0, 0.05) is 23.9 Å². The number of nitrogens with one attached hydrogen (secondary N) is 1. The van der Waals surface area contributed by atoms with Crippen LogP contribution in [0.5, 0.6) is 5.75 Å². The molecule has 0 atom stereocenters. The number of anilines is 1. The first-order valence-corrected chi connectivity index (χ1v) is 5.07. The zero-order chi connectivity index (χ0) is 12.3. The first kappa shape index (κ1) is 12.5. The fraction of sp³-hybridized carbons (Fsp3) is 0.273. The summed E-state index contributed by atoms with van der Waals surface area (Å²) >= 11 is 5.91. The Morgan fingerprint density at radius 2 is 2.00 bits per heavy atom. The molecule has 1 aromatic carbocycles. The topological polar surface area (TPSA) is 66.4 Å². The third kappa shape index (κ3) is 2.97. The van der Waals surface area contributed by atoms with Crippen LogP contribution >= 0.6 is 11.6 Å². The molecule has 0 aliphatic carbocycles. The number of carbonyl (C=O) groups is 2. The number of rotatable bonds is 3. The number of aromatic hydroxyl groups is 1. The fourth-order valence-electron chi connectivity index (χ4n) is 1.35. The summed E-state index contributed by atoms with van der Waals surface area (Å²) in [7, 11) is 0. The van der Waals surface area contributed by atoms with Crippen LogP contribution in [-0.4, -0.2) is 16.8 Å². The Bertz CT molecular complexity index is 402. The van der Waals surface area contributed by atoms with E-state index in [1.54, 1.807) is 0 Å².